The number of piperidine rings is 1. The van der Waals surface area contributed by atoms with Crippen molar-refractivity contribution in [2.24, 2.45) is 0 Å². The van der Waals surface area contributed by atoms with Crippen LogP contribution in [-0.2, 0) is 10.0 Å². The highest BCUT2D eigenvalue weighted by Crippen LogP contribution is 2.34. The molecule has 12 heteroatoms. The Kier molecular flexibility index (Phi) is 8.05. The summed E-state index contributed by atoms with van der Waals surface area (Å²) in [7, 11) is -4.11. The highest BCUT2D eigenvalue weighted by Gasteiger charge is 2.30. The minimum Gasteiger partial charge on any atom is -0.354 e. The molecule has 214 valence electrons. The summed E-state index contributed by atoms with van der Waals surface area (Å²) in [4.78, 5) is 19.8. The van der Waals surface area contributed by atoms with Crippen LogP contribution in [0.5, 0.6) is 0 Å². The fourth-order valence-corrected chi connectivity index (χ4v) is 7.12. The molecule has 0 radical (unpaired) electrons. The van der Waals surface area contributed by atoms with Crippen LogP contribution in [0.15, 0.2) is 59.8 Å². The van der Waals surface area contributed by atoms with Crippen LogP contribution in [-0.4, -0.2) is 41.7 Å². The number of nitrogens with one attached hydrogen (secondary N) is 2. The van der Waals surface area contributed by atoms with E-state index >= 15 is 0 Å². The maximum Gasteiger partial charge on any atom is 0.280 e. The van der Waals surface area contributed by atoms with Crippen LogP contribution >= 0.6 is 11.5 Å². The van der Waals surface area contributed by atoms with Gasteiger partial charge in [0.1, 0.15) is 16.6 Å². The van der Waals surface area contributed by atoms with Crippen LogP contribution in [0, 0.1) is 32.4 Å². The van der Waals surface area contributed by atoms with Crippen LogP contribution in [0.4, 0.5) is 25.2 Å². The number of nitrogens with zero attached hydrogens (tertiary/aromatic N) is 3. The molecular weight excluding hydrogens is 568 g/mol. The van der Waals surface area contributed by atoms with Crippen molar-refractivity contribution in [1.82, 2.24) is 14.3 Å². The summed E-state index contributed by atoms with van der Waals surface area (Å²) in [6.45, 7) is 6.00. The molecule has 0 aliphatic carbocycles. The van der Waals surface area contributed by atoms with E-state index in [9.17, 15) is 22.0 Å². The number of aryl methyl sites for hydroxylation is 2. The zero-order valence-corrected chi connectivity index (χ0v) is 24.4. The van der Waals surface area contributed by atoms with Gasteiger partial charge in [0, 0.05) is 30.5 Å². The standard InChI is InChI=1S/C29H29F2N5O3S2/c1-17-14-23(31)8-9-25(17)33-27-19(3)28(41(38,39)35-26-15-18(2)34-40-26)32-16-24(27)29(37)36-12-10-21(11-13-36)20-4-6-22(30)7-5-20/h4-9,14-16,21,35H,10-13H2,1-3H3,(H,32,33). The number of benzene rings is 2. The number of likely N-dealkylation sites (tertiary alicyclic amines) is 1. The molecule has 2 N–H and O–H groups in total. The Morgan fingerprint density at radius 2 is 1.68 bits per heavy atom. The van der Waals surface area contributed by atoms with E-state index in [0.29, 0.717) is 47.9 Å². The van der Waals surface area contributed by atoms with E-state index in [1.165, 1.54) is 30.5 Å². The SMILES string of the molecule is Cc1cc(NS(=O)(=O)c2ncc(C(=O)N3CCC(c4ccc(F)cc4)CC3)c(Nc3ccc(F)cc3C)c2C)sn1. The molecule has 0 atom stereocenters. The van der Waals surface area contributed by atoms with Crippen LogP contribution < -0.4 is 10.0 Å². The fraction of sp³-hybridized carbons (Fsp3) is 0.276. The third-order valence-corrected chi connectivity index (χ3v) is 9.53. The monoisotopic (exact) mass is 597 g/mol. The van der Waals surface area contributed by atoms with Gasteiger partial charge in [-0.1, -0.05) is 12.1 Å². The summed E-state index contributed by atoms with van der Waals surface area (Å²) in [5.74, 6) is -0.793. The summed E-state index contributed by atoms with van der Waals surface area (Å²) < 4.78 is 60.5. The van der Waals surface area contributed by atoms with Gasteiger partial charge in [-0.15, -0.1) is 0 Å². The second-order valence-corrected chi connectivity index (χ2v) is 12.5. The first-order valence-electron chi connectivity index (χ1n) is 13.1. The van der Waals surface area contributed by atoms with E-state index in [2.05, 4.69) is 19.4 Å². The number of hydrogen-bond acceptors (Lipinski definition) is 7. The molecule has 2 aromatic heterocycles. The minimum atomic E-state index is -4.11. The van der Waals surface area contributed by atoms with E-state index in [1.54, 1.807) is 49.9 Å². The third kappa shape index (κ3) is 6.23. The Bertz CT molecular complexity index is 1700. The van der Waals surface area contributed by atoms with Crippen molar-refractivity contribution >= 4 is 43.8 Å². The summed E-state index contributed by atoms with van der Waals surface area (Å²) in [5, 5.41) is 3.29. The fourth-order valence-electron chi connectivity index (χ4n) is 5.00. The lowest BCUT2D eigenvalue weighted by Crippen LogP contribution is -2.38. The molecule has 1 aliphatic heterocycles. The van der Waals surface area contributed by atoms with Crippen molar-refractivity contribution < 1.29 is 22.0 Å². The molecule has 4 aromatic rings. The Morgan fingerprint density at radius 1 is 1.00 bits per heavy atom. The number of aromatic nitrogens is 2. The molecule has 8 nitrogen and oxygen atoms in total. The Morgan fingerprint density at radius 3 is 2.32 bits per heavy atom. The molecule has 3 heterocycles. The van der Waals surface area contributed by atoms with Crippen molar-refractivity contribution in [3.63, 3.8) is 0 Å². The van der Waals surface area contributed by atoms with Gasteiger partial charge in [-0.05, 0) is 98.6 Å². The predicted octanol–water partition coefficient (Wildman–Crippen LogP) is 6.31. The molecule has 0 spiro atoms. The normalized spacial score (nSPS) is 14.2. The van der Waals surface area contributed by atoms with Gasteiger partial charge in [0.2, 0.25) is 0 Å². The van der Waals surface area contributed by atoms with E-state index < -0.39 is 15.8 Å². The topological polar surface area (TPSA) is 104 Å². The molecule has 2 aromatic carbocycles. The summed E-state index contributed by atoms with van der Waals surface area (Å²) >= 11 is 1.01. The summed E-state index contributed by atoms with van der Waals surface area (Å²) in [6.07, 6.45) is 2.68. The maximum atomic E-state index is 13.8. The lowest BCUT2D eigenvalue weighted by atomic mass is 9.89. The number of halogens is 2. The lowest BCUT2D eigenvalue weighted by Gasteiger charge is -2.33. The van der Waals surface area contributed by atoms with Crippen LogP contribution in [0.1, 0.15) is 51.5 Å². The van der Waals surface area contributed by atoms with Crippen LogP contribution in [0.25, 0.3) is 0 Å². The molecule has 0 saturated carbocycles. The van der Waals surface area contributed by atoms with Gasteiger partial charge in [0.05, 0.1) is 16.9 Å². The van der Waals surface area contributed by atoms with Crippen molar-refractivity contribution in [1.29, 1.82) is 0 Å². The van der Waals surface area contributed by atoms with Gasteiger partial charge in [-0.3, -0.25) is 9.52 Å². The smallest absolute Gasteiger partial charge is 0.280 e. The summed E-state index contributed by atoms with van der Waals surface area (Å²) in [5.41, 5.74) is 3.55. The van der Waals surface area contributed by atoms with Crippen molar-refractivity contribution in [2.75, 3.05) is 23.1 Å². The highest BCUT2D eigenvalue weighted by atomic mass is 32.2. The van der Waals surface area contributed by atoms with Crippen molar-refractivity contribution in [3.8, 4) is 0 Å². The zero-order chi connectivity index (χ0) is 29.3. The van der Waals surface area contributed by atoms with E-state index in [-0.39, 0.29) is 39.5 Å². The van der Waals surface area contributed by atoms with Gasteiger partial charge in [-0.25, -0.2) is 13.8 Å². The van der Waals surface area contributed by atoms with Crippen LogP contribution in [0.2, 0.25) is 0 Å². The number of amides is 1. The number of carbonyl (C=O) groups excluding carboxylic acids is 1. The number of hydrogen-bond donors (Lipinski definition) is 2. The highest BCUT2D eigenvalue weighted by molar-refractivity contribution is 7.92. The first-order valence-corrected chi connectivity index (χ1v) is 15.3. The molecule has 0 unspecified atom stereocenters. The van der Waals surface area contributed by atoms with E-state index in [0.717, 1.165) is 17.1 Å². The number of rotatable bonds is 7. The molecule has 1 aliphatic rings. The third-order valence-electron chi connectivity index (χ3n) is 7.20. The van der Waals surface area contributed by atoms with Gasteiger partial charge in [-0.2, -0.15) is 12.8 Å². The molecule has 0 bridgehead atoms. The number of sulfonamides is 1. The number of pyridine rings is 1. The zero-order valence-electron chi connectivity index (χ0n) is 22.7. The first-order chi connectivity index (χ1) is 19.5. The number of anilines is 3. The molecule has 1 saturated heterocycles. The van der Waals surface area contributed by atoms with Crippen molar-refractivity contribution in [2.45, 2.75) is 44.6 Å². The molecule has 1 amide bonds. The maximum absolute atomic E-state index is 13.8. The molecule has 41 heavy (non-hydrogen) atoms. The van der Waals surface area contributed by atoms with E-state index in [4.69, 9.17) is 0 Å². The molecule has 5 rings (SSSR count). The lowest BCUT2D eigenvalue weighted by molar-refractivity contribution is 0.0713. The quantitative estimate of drug-likeness (QED) is 0.259. The number of carbonyl (C=O) groups is 1. The molecule has 1 fully saturated rings. The van der Waals surface area contributed by atoms with Gasteiger partial charge in [0.15, 0.2) is 5.03 Å². The average Bonchev–Trinajstić information content (AvgIpc) is 3.34. The predicted molar refractivity (Wildman–Crippen MR) is 155 cm³/mol. The Labute approximate surface area is 241 Å². The van der Waals surface area contributed by atoms with Gasteiger partial charge >= 0.3 is 0 Å². The van der Waals surface area contributed by atoms with E-state index in [1.807, 2.05) is 0 Å². The van der Waals surface area contributed by atoms with Gasteiger partial charge in [0.25, 0.3) is 15.9 Å². The minimum absolute atomic E-state index is 0.202. The largest absolute Gasteiger partial charge is 0.354 e. The molecular formula is C29H29F2N5O3S2. The van der Waals surface area contributed by atoms with Gasteiger partial charge < -0.3 is 10.2 Å². The first kappa shape index (κ1) is 28.6. The Hall–Kier alpha value is -3.90. The summed E-state index contributed by atoms with van der Waals surface area (Å²) in [6, 6.07) is 12.2. The second kappa shape index (κ2) is 11.5. The average molecular weight is 598 g/mol. The van der Waals surface area contributed by atoms with Crippen LogP contribution in [0.3, 0.4) is 0 Å². The van der Waals surface area contributed by atoms with Crippen molar-refractivity contribution in [3.05, 3.63) is 94.3 Å². The Balaban J connectivity index is 1.47. The second-order valence-electron chi connectivity index (χ2n) is 10.1.